The molecule has 136 valence electrons. The highest BCUT2D eigenvalue weighted by molar-refractivity contribution is 5.81. The second-order valence-electron chi connectivity index (χ2n) is 9.26. The lowest BCUT2D eigenvalue weighted by Crippen LogP contribution is -2.49. The van der Waals surface area contributed by atoms with Crippen molar-refractivity contribution in [1.82, 2.24) is 0 Å². The maximum absolute atomic E-state index is 12.8. The maximum Gasteiger partial charge on any atom is 0.312 e. The average molecular weight is 346 g/mol. The zero-order valence-corrected chi connectivity index (χ0v) is 15.1. The van der Waals surface area contributed by atoms with Gasteiger partial charge in [0.25, 0.3) is 0 Å². The van der Waals surface area contributed by atoms with Crippen LogP contribution < -0.4 is 0 Å². The van der Waals surface area contributed by atoms with Gasteiger partial charge in [-0.15, -0.1) is 0 Å². The first-order chi connectivity index (χ1) is 11.9. The Morgan fingerprint density at radius 3 is 2.96 bits per heavy atom. The van der Waals surface area contributed by atoms with Gasteiger partial charge in [0.05, 0.1) is 11.7 Å². The number of ether oxygens (including phenoxy) is 3. The Morgan fingerprint density at radius 1 is 1.40 bits per heavy atom. The molecule has 2 heterocycles. The first-order valence-corrected chi connectivity index (χ1v) is 9.64. The Hall–Kier alpha value is -1.52. The molecule has 25 heavy (non-hydrogen) atoms. The molecule has 3 bridgehead atoms. The van der Waals surface area contributed by atoms with Crippen LogP contribution in [0, 0.1) is 34.5 Å². The predicted octanol–water partition coefficient (Wildman–Crippen LogP) is 3.18. The minimum Gasteiger partial charge on any atom is -0.462 e. The summed E-state index contributed by atoms with van der Waals surface area (Å²) in [6.45, 7) is 6.13. The first kappa shape index (κ1) is 15.7. The second kappa shape index (κ2) is 4.80. The highest BCUT2D eigenvalue weighted by Gasteiger charge is 2.77. The zero-order valence-electron chi connectivity index (χ0n) is 15.1. The summed E-state index contributed by atoms with van der Waals surface area (Å²) in [6, 6.07) is 0. The highest BCUT2D eigenvalue weighted by Crippen LogP contribution is 2.76. The van der Waals surface area contributed by atoms with Crippen molar-refractivity contribution >= 4 is 11.9 Å². The molecule has 0 amide bonds. The van der Waals surface area contributed by atoms with Crippen LogP contribution in [0.15, 0.2) is 11.8 Å². The van der Waals surface area contributed by atoms with Crippen molar-refractivity contribution in [1.29, 1.82) is 0 Å². The lowest BCUT2D eigenvalue weighted by Gasteiger charge is -2.48. The molecule has 0 aromatic rings. The van der Waals surface area contributed by atoms with Gasteiger partial charge in [-0.2, -0.15) is 0 Å². The van der Waals surface area contributed by atoms with Crippen LogP contribution >= 0.6 is 0 Å². The van der Waals surface area contributed by atoms with E-state index < -0.39 is 6.29 Å². The molecule has 5 aliphatic rings. The van der Waals surface area contributed by atoms with Crippen molar-refractivity contribution in [3.8, 4) is 0 Å². The van der Waals surface area contributed by atoms with E-state index in [0.717, 1.165) is 31.3 Å². The van der Waals surface area contributed by atoms with E-state index in [0.29, 0.717) is 12.3 Å². The van der Waals surface area contributed by atoms with Gasteiger partial charge in [0.2, 0.25) is 6.29 Å². The van der Waals surface area contributed by atoms with Gasteiger partial charge in [0.15, 0.2) is 0 Å². The van der Waals surface area contributed by atoms with Crippen molar-refractivity contribution in [3.05, 3.63) is 11.8 Å². The van der Waals surface area contributed by atoms with Gasteiger partial charge in [0, 0.05) is 23.3 Å². The van der Waals surface area contributed by atoms with E-state index in [9.17, 15) is 9.59 Å². The molecular formula is C20H26O5. The van der Waals surface area contributed by atoms with Crippen LogP contribution in [0.5, 0.6) is 0 Å². The largest absolute Gasteiger partial charge is 0.462 e. The molecule has 0 aromatic heterocycles. The van der Waals surface area contributed by atoms with E-state index in [1.807, 2.05) is 13.8 Å². The Kier molecular flexibility index (Phi) is 3.02. The fourth-order valence-corrected chi connectivity index (χ4v) is 6.80. The number of rotatable bonds is 3. The SMILES string of the molecule is CC(C)CC(=O)O[C@@H]1OC=C2[C@@H]3C[C@@H]4C[C@]25[C@H]1CC[C@H]5[C@]4(C)C(=O)O3. The molecule has 1 saturated heterocycles. The number of esters is 2. The Balaban J connectivity index is 1.52. The van der Waals surface area contributed by atoms with Crippen LogP contribution in [0.2, 0.25) is 0 Å². The monoisotopic (exact) mass is 346 g/mol. The van der Waals surface area contributed by atoms with Crippen molar-refractivity contribution in [2.45, 2.75) is 65.3 Å². The molecule has 3 saturated carbocycles. The highest BCUT2D eigenvalue weighted by atomic mass is 16.7. The molecule has 5 heteroatoms. The molecule has 0 N–H and O–H groups in total. The summed E-state index contributed by atoms with van der Waals surface area (Å²) in [5, 5.41) is 0. The number of fused-ring (bicyclic) bond motifs is 3. The third-order valence-corrected chi connectivity index (χ3v) is 7.76. The van der Waals surface area contributed by atoms with Crippen molar-refractivity contribution < 1.29 is 23.8 Å². The summed E-state index contributed by atoms with van der Waals surface area (Å²) in [7, 11) is 0. The third-order valence-electron chi connectivity index (χ3n) is 7.76. The summed E-state index contributed by atoms with van der Waals surface area (Å²) in [5.41, 5.74) is 0.696. The van der Waals surface area contributed by atoms with Gasteiger partial charge < -0.3 is 14.2 Å². The predicted molar refractivity (Wildman–Crippen MR) is 87.9 cm³/mol. The molecule has 5 rings (SSSR count). The van der Waals surface area contributed by atoms with Gasteiger partial charge in [-0.3, -0.25) is 9.59 Å². The summed E-state index contributed by atoms with van der Waals surface area (Å²) in [5.74, 6) is 0.868. The molecule has 4 fully saturated rings. The van der Waals surface area contributed by atoms with Crippen molar-refractivity contribution in [2.24, 2.45) is 34.5 Å². The maximum atomic E-state index is 12.8. The number of carbonyl (C=O) groups is 2. The van der Waals surface area contributed by atoms with Gasteiger partial charge in [-0.05, 0) is 50.4 Å². The van der Waals surface area contributed by atoms with E-state index in [-0.39, 0.29) is 46.6 Å². The topological polar surface area (TPSA) is 61.8 Å². The molecule has 0 radical (unpaired) electrons. The van der Waals surface area contributed by atoms with Crippen LogP contribution in [0.25, 0.3) is 0 Å². The van der Waals surface area contributed by atoms with Crippen LogP contribution in [-0.2, 0) is 23.8 Å². The minimum atomic E-state index is -0.519. The summed E-state index contributed by atoms with van der Waals surface area (Å²) < 4.78 is 17.4. The van der Waals surface area contributed by atoms with Gasteiger partial charge >= 0.3 is 11.9 Å². The smallest absolute Gasteiger partial charge is 0.312 e. The molecule has 0 unspecified atom stereocenters. The standard InChI is InChI=1S/C20H26O5/c1-10(2)6-16(21)25-17-12-4-5-15-19(3)11-7-14(24-18(19)22)13(9-23-17)20(12,15)8-11/h9-12,14-15,17H,4-8H2,1-3H3/t11-,12+,14+,15+,17+,19-,20+/m1/s1. The van der Waals surface area contributed by atoms with Crippen LogP contribution in [0.3, 0.4) is 0 Å². The molecular weight excluding hydrogens is 320 g/mol. The number of carbonyl (C=O) groups excluding carboxylic acids is 2. The van der Waals surface area contributed by atoms with E-state index in [2.05, 4.69) is 6.92 Å². The van der Waals surface area contributed by atoms with E-state index >= 15 is 0 Å². The number of hydrogen-bond acceptors (Lipinski definition) is 5. The fourth-order valence-electron chi connectivity index (χ4n) is 6.80. The number of hydrogen-bond donors (Lipinski definition) is 0. The molecule has 0 aromatic carbocycles. The Morgan fingerprint density at radius 2 is 2.20 bits per heavy atom. The van der Waals surface area contributed by atoms with Crippen LogP contribution in [0.1, 0.15) is 52.9 Å². The quantitative estimate of drug-likeness (QED) is 0.735. The van der Waals surface area contributed by atoms with E-state index in [4.69, 9.17) is 14.2 Å². The summed E-state index contributed by atoms with van der Waals surface area (Å²) in [6.07, 6.45) is 5.38. The normalized spacial score (nSPS) is 48.7. The van der Waals surface area contributed by atoms with E-state index in [1.165, 1.54) is 0 Å². The Labute approximate surface area is 148 Å². The molecule has 3 aliphatic carbocycles. The van der Waals surface area contributed by atoms with Gasteiger partial charge in [-0.1, -0.05) is 13.8 Å². The second-order valence-corrected chi connectivity index (χ2v) is 9.26. The minimum absolute atomic E-state index is 0.0278. The molecule has 1 spiro atoms. The van der Waals surface area contributed by atoms with Crippen molar-refractivity contribution in [3.63, 3.8) is 0 Å². The van der Waals surface area contributed by atoms with Crippen molar-refractivity contribution in [2.75, 3.05) is 0 Å². The van der Waals surface area contributed by atoms with Crippen LogP contribution in [0.4, 0.5) is 0 Å². The van der Waals surface area contributed by atoms with Gasteiger partial charge in [-0.25, -0.2) is 0 Å². The van der Waals surface area contributed by atoms with E-state index in [1.54, 1.807) is 6.26 Å². The first-order valence-electron chi connectivity index (χ1n) is 9.64. The average Bonchev–Trinajstić information content (AvgIpc) is 2.97. The summed E-state index contributed by atoms with van der Waals surface area (Å²) >= 11 is 0. The van der Waals surface area contributed by atoms with Gasteiger partial charge in [0.1, 0.15) is 6.10 Å². The molecule has 7 atom stereocenters. The summed E-state index contributed by atoms with van der Waals surface area (Å²) in [4.78, 5) is 25.0. The lowest BCUT2D eigenvalue weighted by atomic mass is 9.62. The fraction of sp³-hybridized carbons (Fsp3) is 0.800. The Bertz CT molecular complexity index is 682. The zero-order chi connectivity index (χ0) is 17.6. The molecule has 2 aliphatic heterocycles. The third kappa shape index (κ3) is 1.75. The lowest BCUT2D eigenvalue weighted by molar-refractivity contribution is -0.195. The van der Waals surface area contributed by atoms with Crippen LogP contribution in [-0.4, -0.2) is 24.3 Å². The molecule has 5 nitrogen and oxygen atoms in total.